The first kappa shape index (κ1) is 16.9. The molecule has 2 aromatic carbocycles. The van der Waals surface area contributed by atoms with Gasteiger partial charge in [0.2, 0.25) is 0 Å². The number of carbonyl (C=O) groups excluding carboxylic acids is 1. The molecule has 1 amide bonds. The molecule has 0 fully saturated rings. The minimum absolute atomic E-state index is 0.0684. The number of hydrogen-bond donors (Lipinski definition) is 1. The fourth-order valence-corrected chi connectivity index (χ4v) is 2.76. The Morgan fingerprint density at radius 1 is 1.12 bits per heavy atom. The van der Waals surface area contributed by atoms with Crippen LogP contribution in [0.2, 0.25) is 0 Å². The van der Waals surface area contributed by atoms with Gasteiger partial charge in [-0.3, -0.25) is 14.2 Å². The van der Waals surface area contributed by atoms with E-state index in [2.05, 4.69) is 10.3 Å². The van der Waals surface area contributed by atoms with Crippen LogP contribution in [-0.2, 0) is 13.5 Å². The topological polar surface area (TPSA) is 64.0 Å². The van der Waals surface area contributed by atoms with E-state index < -0.39 is 0 Å². The minimum atomic E-state index is -0.117. The quantitative estimate of drug-likeness (QED) is 0.797. The van der Waals surface area contributed by atoms with Gasteiger partial charge in [-0.1, -0.05) is 18.2 Å². The van der Waals surface area contributed by atoms with Gasteiger partial charge in [0.1, 0.15) is 5.82 Å². The first-order chi connectivity index (χ1) is 12.0. The molecule has 1 aromatic heterocycles. The molecule has 1 heterocycles. The van der Waals surface area contributed by atoms with Crippen LogP contribution in [0.4, 0.5) is 0 Å². The zero-order valence-corrected chi connectivity index (χ0v) is 14.7. The third-order valence-electron chi connectivity index (χ3n) is 4.48. The molecule has 0 bridgehead atoms. The summed E-state index contributed by atoms with van der Waals surface area (Å²) in [5, 5.41) is 3.50. The van der Waals surface area contributed by atoms with Crippen molar-refractivity contribution in [2.75, 3.05) is 6.54 Å². The van der Waals surface area contributed by atoms with Crippen LogP contribution in [0.3, 0.4) is 0 Å². The molecule has 5 nitrogen and oxygen atoms in total. The molecule has 5 heteroatoms. The summed E-state index contributed by atoms with van der Waals surface area (Å²) in [6.07, 6.45) is 0.493. The molecule has 1 N–H and O–H groups in total. The monoisotopic (exact) mass is 335 g/mol. The van der Waals surface area contributed by atoms with Gasteiger partial charge < -0.3 is 5.32 Å². The van der Waals surface area contributed by atoms with Crippen LogP contribution in [0.15, 0.2) is 47.3 Å². The van der Waals surface area contributed by atoms with Gasteiger partial charge >= 0.3 is 0 Å². The Balaban J connectivity index is 1.72. The van der Waals surface area contributed by atoms with E-state index in [1.165, 1.54) is 0 Å². The molecule has 0 aliphatic heterocycles. The summed E-state index contributed by atoms with van der Waals surface area (Å²) >= 11 is 0. The summed E-state index contributed by atoms with van der Waals surface area (Å²) in [5.74, 6) is 0.540. The standard InChI is InChI=1S/C20H21N3O2/c1-13-8-9-15(12-14(13)2)19(24)21-11-10-18-22-17-7-5-4-6-16(17)20(25)23(18)3/h4-9,12H,10-11H2,1-3H3,(H,21,24). The molecule has 3 aromatic rings. The molecule has 25 heavy (non-hydrogen) atoms. The van der Waals surface area contributed by atoms with Crippen molar-refractivity contribution >= 4 is 16.8 Å². The molecular weight excluding hydrogens is 314 g/mol. The second-order valence-electron chi connectivity index (χ2n) is 6.21. The lowest BCUT2D eigenvalue weighted by atomic mass is 10.1. The summed E-state index contributed by atoms with van der Waals surface area (Å²) in [6, 6.07) is 12.9. The molecule has 0 aliphatic carbocycles. The van der Waals surface area contributed by atoms with Gasteiger partial charge in [0.05, 0.1) is 10.9 Å². The lowest BCUT2D eigenvalue weighted by Crippen LogP contribution is -2.29. The molecule has 0 atom stereocenters. The Hall–Kier alpha value is -2.95. The van der Waals surface area contributed by atoms with Crippen LogP contribution in [0.1, 0.15) is 27.3 Å². The molecule has 0 spiro atoms. The number of aromatic nitrogens is 2. The van der Waals surface area contributed by atoms with Crippen molar-refractivity contribution in [2.45, 2.75) is 20.3 Å². The van der Waals surface area contributed by atoms with E-state index in [1.54, 1.807) is 17.7 Å². The third-order valence-corrected chi connectivity index (χ3v) is 4.48. The minimum Gasteiger partial charge on any atom is -0.352 e. The predicted octanol–water partition coefficient (Wildman–Crippen LogP) is 2.52. The maximum atomic E-state index is 12.4. The maximum absolute atomic E-state index is 12.4. The van der Waals surface area contributed by atoms with Crippen LogP contribution in [0.5, 0.6) is 0 Å². The summed E-state index contributed by atoms with van der Waals surface area (Å²) < 4.78 is 1.55. The van der Waals surface area contributed by atoms with E-state index >= 15 is 0 Å². The number of fused-ring (bicyclic) bond motifs is 1. The van der Waals surface area contributed by atoms with Crippen molar-refractivity contribution < 1.29 is 4.79 Å². The maximum Gasteiger partial charge on any atom is 0.261 e. The molecular formula is C20H21N3O2. The molecule has 3 rings (SSSR count). The number of hydrogen-bond acceptors (Lipinski definition) is 3. The zero-order valence-electron chi connectivity index (χ0n) is 14.7. The first-order valence-electron chi connectivity index (χ1n) is 8.27. The highest BCUT2D eigenvalue weighted by molar-refractivity contribution is 5.94. The van der Waals surface area contributed by atoms with Gasteiger partial charge in [0.15, 0.2) is 0 Å². The van der Waals surface area contributed by atoms with Gasteiger partial charge in [-0.2, -0.15) is 0 Å². The fraction of sp³-hybridized carbons (Fsp3) is 0.250. The average Bonchev–Trinajstić information content (AvgIpc) is 2.61. The summed E-state index contributed by atoms with van der Waals surface area (Å²) in [5.41, 5.74) is 3.50. The lowest BCUT2D eigenvalue weighted by Gasteiger charge is -2.10. The summed E-state index contributed by atoms with van der Waals surface area (Å²) in [4.78, 5) is 29.2. The molecule has 0 saturated heterocycles. The van der Waals surface area contributed by atoms with Gasteiger partial charge in [0.25, 0.3) is 11.5 Å². The van der Waals surface area contributed by atoms with Gasteiger partial charge in [-0.25, -0.2) is 4.98 Å². The van der Waals surface area contributed by atoms with Crippen molar-refractivity contribution in [3.8, 4) is 0 Å². The van der Waals surface area contributed by atoms with Crippen molar-refractivity contribution in [1.29, 1.82) is 0 Å². The van der Waals surface area contributed by atoms with Crippen LogP contribution in [-0.4, -0.2) is 22.0 Å². The summed E-state index contributed by atoms with van der Waals surface area (Å²) in [6.45, 7) is 4.42. The third kappa shape index (κ3) is 3.45. The van der Waals surface area contributed by atoms with Crippen LogP contribution in [0, 0.1) is 13.8 Å². The SMILES string of the molecule is Cc1ccc(C(=O)NCCc2nc3ccccc3c(=O)n2C)cc1C. The van der Waals surface area contributed by atoms with E-state index in [4.69, 9.17) is 0 Å². The number of benzene rings is 2. The molecule has 0 aliphatic rings. The summed E-state index contributed by atoms with van der Waals surface area (Å²) in [7, 11) is 1.71. The van der Waals surface area contributed by atoms with Gasteiger partial charge in [0, 0.05) is 25.6 Å². The molecule has 0 unspecified atom stereocenters. The Morgan fingerprint density at radius 2 is 1.88 bits per heavy atom. The second kappa shape index (κ2) is 6.89. The number of carbonyl (C=O) groups is 1. The average molecular weight is 335 g/mol. The Labute approximate surface area is 146 Å². The van der Waals surface area contributed by atoms with Crippen molar-refractivity contribution in [2.24, 2.45) is 7.05 Å². The second-order valence-corrected chi connectivity index (χ2v) is 6.21. The predicted molar refractivity (Wildman–Crippen MR) is 98.9 cm³/mol. The number of nitrogens with one attached hydrogen (secondary N) is 1. The zero-order chi connectivity index (χ0) is 18.0. The molecule has 0 radical (unpaired) electrons. The molecule has 0 saturated carbocycles. The Morgan fingerprint density at radius 3 is 2.64 bits per heavy atom. The normalized spacial score (nSPS) is 10.8. The van der Waals surface area contributed by atoms with Crippen LogP contribution < -0.4 is 10.9 Å². The highest BCUT2D eigenvalue weighted by Crippen LogP contribution is 2.10. The van der Waals surface area contributed by atoms with Crippen LogP contribution in [0.25, 0.3) is 10.9 Å². The first-order valence-corrected chi connectivity index (χ1v) is 8.27. The van der Waals surface area contributed by atoms with E-state index in [9.17, 15) is 9.59 Å². The molecule has 128 valence electrons. The van der Waals surface area contributed by atoms with Gasteiger partial charge in [-0.15, -0.1) is 0 Å². The number of nitrogens with zero attached hydrogens (tertiary/aromatic N) is 2. The van der Waals surface area contributed by atoms with E-state index in [0.29, 0.717) is 35.3 Å². The largest absolute Gasteiger partial charge is 0.352 e. The highest BCUT2D eigenvalue weighted by Gasteiger charge is 2.10. The van der Waals surface area contributed by atoms with Crippen molar-refractivity contribution in [3.05, 3.63) is 75.3 Å². The van der Waals surface area contributed by atoms with E-state index in [1.807, 2.05) is 50.2 Å². The highest BCUT2D eigenvalue weighted by atomic mass is 16.1. The van der Waals surface area contributed by atoms with Crippen LogP contribution >= 0.6 is 0 Å². The number of rotatable bonds is 4. The smallest absolute Gasteiger partial charge is 0.261 e. The van der Waals surface area contributed by atoms with Crippen molar-refractivity contribution in [1.82, 2.24) is 14.9 Å². The number of para-hydroxylation sites is 1. The van der Waals surface area contributed by atoms with E-state index in [-0.39, 0.29) is 11.5 Å². The number of aryl methyl sites for hydroxylation is 2. The Kier molecular flexibility index (Phi) is 4.65. The number of amides is 1. The Bertz CT molecular complexity index is 1010. The lowest BCUT2D eigenvalue weighted by molar-refractivity contribution is 0.0954. The van der Waals surface area contributed by atoms with E-state index in [0.717, 1.165) is 11.1 Å². The van der Waals surface area contributed by atoms with Gasteiger partial charge in [-0.05, 0) is 49.2 Å². The fourth-order valence-electron chi connectivity index (χ4n) is 2.76. The van der Waals surface area contributed by atoms with Crippen molar-refractivity contribution in [3.63, 3.8) is 0 Å².